The van der Waals surface area contributed by atoms with Gasteiger partial charge in [0, 0.05) is 21.9 Å². The second-order valence-corrected chi connectivity index (χ2v) is 8.20. The van der Waals surface area contributed by atoms with Crippen molar-refractivity contribution in [3.63, 3.8) is 0 Å². The largest absolute Gasteiger partial charge is 0.301 e. The van der Waals surface area contributed by atoms with Gasteiger partial charge < -0.3 is 5.32 Å². The van der Waals surface area contributed by atoms with Gasteiger partial charge in [0.2, 0.25) is 5.91 Å². The summed E-state index contributed by atoms with van der Waals surface area (Å²) in [7, 11) is 0. The molecule has 1 aliphatic heterocycles. The van der Waals surface area contributed by atoms with Gasteiger partial charge in [-0.1, -0.05) is 6.07 Å². The summed E-state index contributed by atoms with van der Waals surface area (Å²) in [6.07, 6.45) is 2.14. The molecule has 1 amide bonds. The predicted octanol–water partition coefficient (Wildman–Crippen LogP) is 4.93. The summed E-state index contributed by atoms with van der Waals surface area (Å²) in [5.41, 5.74) is 0.981. The molecule has 8 heteroatoms. The standard InChI is InChI=1S/C19H17F2N3OS2/c20-13-6-5-12(9-14(13)21)15-11-27-19(22-15)23-18(25)10-24-7-1-3-16(24)17-4-2-8-26-17/h2,4-6,8-9,11,16H,1,3,7,10H2,(H,22,23,25)/t16-/m1/s1. The minimum Gasteiger partial charge on any atom is -0.301 e. The number of carbonyl (C=O) groups is 1. The van der Waals surface area contributed by atoms with Crippen LogP contribution in [0.2, 0.25) is 0 Å². The number of halogens is 2. The first-order chi connectivity index (χ1) is 13.1. The lowest BCUT2D eigenvalue weighted by molar-refractivity contribution is -0.117. The van der Waals surface area contributed by atoms with Gasteiger partial charge in [-0.25, -0.2) is 13.8 Å². The molecule has 0 aliphatic carbocycles. The number of aromatic nitrogens is 1. The van der Waals surface area contributed by atoms with Crippen LogP contribution in [-0.4, -0.2) is 28.9 Å². The second-order valence-electron chi connectivity index (χ2n) is 6.36. The molecule has 2 aromatic heterocycles. The van der Waals surface area contributed by atoms with E-state index in [9.17, 15) is 13.6 Å². The number of thiazole rings is 1. The molecule has 3 aromatic rings. The van der Waals surface area contributed by atoms with Gasteiger partial charge in [0.05, 0.1) is 12.2 Å². The van der Waals surface area contributed by atoms with E-state index in [-0.39, 0.29) is 5.91 Å². The molecule has 0 spiro atoms. The van der Waals surface area contributed by atoms with E-state index in [0.29, 0.717) is 29.0 Å². The van der Waals surface area contributed by atoms with Gasteiger partial charge >= 0.3 is 0 Å². The molecule has 4 nitrogen and oxygen atoms in total. The monoisotopic (exact) mass is 405 g/mol. The molecule has 0 radical (unpaired) electrons. The van der Waals surface area contributed by atoms with Crippen LogP contribution in [0.3, 0.4) is 0 Å². The summed E-state index contributed by atoms with van der Waals surface area (Å²) >= 11 is 2.98. The minimum atomic E-state index is -0.917. The van der Waals surface area contributed by atoms with E-state index in [1.54, 1.807) is 16.7 Å². The van der Waals surface area contributed by atoms with Crippen LogP contribution in [-0.2, 0) is 4.79 Å². The highest BCUT2D eigenvalue weighted by molar-refractivity contribution is 7.14. The molecule has 140 valence electrons. The molecule has 1 aromatic carbocycles. The molecule has 0 bridgehead atoms. The Hall–Kier alpha value is -2.16. The van der Waals surface area contributed by atoms with Gasteiger partial charge in [0.15, 0.2) is 16.8 Å². The topological polar surface area (TPSA) is 45.2 Å². The minimum absolute atomic E-state index is 0.121. The van der Waals surface area contributed by atoms with Gasteiger partial charge in [-0.05, 0) is 49.0 Å². The molecule has 1 atom stereocenters. The molecule has 1 N–H and O–H groups in total. The zero-order valence-corrected chi connectivity index (χ0v) is 16.0. The summed E-state index contributed by atoms with van der Waals surface area (Å²) in [4.78, 5) is 20.2. The Labute approximate surface area is 163 Å². The summed E-state index contributed by atoms with van der Waals surface area (Å²) in [5, 5.41) is 7.04. The normalized spacial score (nSPS) is 17.3. The number of rotatable bonds is 5. The van der Waals surface area contributed by atoms with Crippen molar-refractivity contribution in [1.29, 1.82) is 0 Å². The number of thiophene rings is 1. The van der Waals surface area contributed by atoms with Crippen LogP contribution in [0.25, 0.3) is 11.3 Å². The van der Waals surface area contributed by atoms with Crippen LogP contribution in [0.15, 0.2) is 41.1 Å². The fourth-order valence-electron chi connectivity index (χ4n) is 3.28. The maximum atomic E-state index is 13.4. The quantitative estimate of drug-likeness (QED) is 0.655. The summed E-state index contributed by atoms with van der Waals surface area (Å²) in [5.74, 6) is -1.93. The lowest BCUT2D eigenvalue weighted by atomic mass is 10.2. The Kier molecular flexibility index (Phi) is 5.29. The molecule has 3 heterocycles. The molecule has 1 fully saturated rings. The molecular weight excluding hydrogens is 388 g/mol. The average molecular weight is 405 g/mol. The Morgan fingerprint density at radius 2 is 2.15 bits per heavy atom. The highest BCUT2D eigenvalue weighted by atomic mass is 32.1. The van der Waals surface area contributed by atoms with Gasteiger partial charge in [-0.3, -0.25) is 9.69 Å². The first kappa shape index (κ1) is 18.2. The van der Waals surface area contributed by atoms with E-state index in [1.807, 2.05) is 6.07 Å². The van der Waals surface area contributed by atoms with Crippen molar-refractivity contribution in [2.45, 2.75) is 18.9 Å². The number of benzene rings is 1. The van der Waals surface area contributed by atoms with E-state index in [4.69, 9.17) is 0 Å². The Morgan fingerprint density at radius 3 is 2.93 bits per heavy atom. The number of nitrogens with zero attached hydrogens (tertiary/aromatic N) is 2. The van der Waals surface area contributed by atoms with Crippen molar-refractivity contribution >= 4 is 33.7 Å². The van der Waals surface area contributed by atoms with E-state index in [0.717, 1.165) is 31.5 Å². The van der Waals surface area contributed by atoms with Gasteiger partial charge in [0.25, 0.3) is 0 Å². The fraction of sp³-hybridized carbons (Fsp3) is 0.263. The van der Waals surface area contributed by atoms with E-state index >= 15 is 0 Å². The van der Waals surface area contributed by atoms with Crippen molar-refractivity contribution in [2.75, 3.05) is 18.4 Å². The second kappa shape index (κ2) is 7.84. The molecule has 1 saturated heterocycles. The van der Waals surface area contributed by atoms with Crippen LogP contribution in [0, 0.1) is 11.6 Å². The SMILES string of the molecule is O=C(CN1CCC[C@@H]1c1cccs1)Nc1nc(-c2ccc(F)c(F)c2)cs1. The number of carbonyl (C=O) groups excluding carboxylic acids is 1. The molecule has 1 aliphatic rings. The zero-order valence-electron chi connectivity index (χ0n) is 14.3. The Morgan fingerprint density at radius 1 is 1.26 bits per heavy atom. The van der Waals surface area contributed by atoms with Crippen molar-refractivity contribution in [3.05, 3.63) is 57.6 Å². The third kappa shape index (κ3) is 4.07. The van der Waals surface area contributed by atoms with Crippen LogP contribution in [0.1, 0.15) is 23.8 Å². The molecular formula is C19H17F2N3OS2. The van der Waals surface area contributed by atoms with E-state index in [2.05, 4.69) is 26.6 Å². The van der Waals surface area contributed by atoms with Crippen molar-refractivity contribution in [1.82, 2.24) is 9.88 Å². The number of hydrogen-bond donors (Lipinski definition) is 1. The molecule has 0 unspecified atom stereocenters. The third-order valence-electron chi connectivity index (χ3n) is 4.55. The number of nitrogens with one attached hydrogen (secondary N) is 1. The van der Waals surface area contributed by atoms with Gasteiger partial charge in [-0.15, -0.1) is 22.7 Å². The lowest BCUT2D eigenvalue weighted by Crippen LogP contribution is -2.32. The van der Waals surface area contributed by atoms with Gasteiger partial charge in [0.1, 0.15) is 0 Å². The van der Waals surface area contributed by atoms with Crippen molar-refractivity contribution in [3.8, 4) is 11.3 Å². The number of amides is 1. The van der Waals surface area contributed by atoms with Gasteiger partial charge in [-0.2, -0.15) is 0 Å². The van der Waals surface area contributed by atoms with Crippen LogP contribution in [0.4, 0.5) is 13.9 Å². The summed E-state index contributed by atoms with van der Waals surface area (Å²) < 4.78 is 26.5. The first-order valence-electron chi connectivity index (χ1n) is 8.58. The number of hydrogen-bond acceptors (Lipinski definition) is 5. The van der Waals surface area contributed by atoms with Crippen molar-refractivity contribution < 1.29 is 13.6 Å². The van der Waals surface area contributed by atoms with Crippen LogP contribution < -0.4 is 5.32 Å². The Bertz CT molecular complexity index is 942. The summed E-state index contributed by atoms with van der Waals surface area (Å²) in [6, 6.07) is 8.08. The maximum absolute atomic E-state index is 13.4. The molecule has 27 heavy (non-hydrogen) atoms. The highest BCUT2D eigenvalue weighted by Crippen LogP contribution is 2.34. The van der Waals surface area contributed by atoms with Crippen molar-refractivity contribution in [2.24, 2.45) is 0 Å². The zero-order chi connectivity index (χ0) is 18.8. The molecule has 4 rings (SSSR count). The first-order valence-corrected chi connectivity index (χ1v) is 10.3. The third-order valence-corrected chi connectivity index (χ3v) is 6.28. The number of anilines is 1. The smallest absolute Gasteiger partial charge is 0.240 e. The fourth-order valence-corrected chi connectivity index (χ4v) is 4.91. The number of likely N-dealkylation sites (tertiary alicyclic amines) is 1. The van der Waals surface area contributed by atoms with E-state index in [1.165, 1.54) is 22.3 Å². The maximum Gasteiger partial charge on any atom is 0.240 e. The van der Waals surface area contributed by atoms with Crippen LogP contribution >= 0.6 is 22.7 Å². The summed E-state index contributed by atoms with van der Waals surface area (Å²) in [6.45, 7) is 1.20. The van der Waals surface area contributed by atoms with E-state index < -0.39 is 11.6 Å². The van der Waals surface area contributed by atoms with Crippen LogP contribution in [0.5, 0.6) is 0 Å². The lowest BCUT2D eigenvalue weighted by Gasteiger charge is -2.22. The highest BCUT2D eigenvalue weighted by Gasteiger charge is 2.28. The molecule has 0 saturated carbocycles. The Balaban J connectivity index is 1.40. The average Bonchev–Trinajstić information content (AvgIpc) is 3.38. The predicted molar refractivity (Wildman–Crippen MR) is 104 cm³/mol.